The van der Waals surface area contributed by atoms with Gasteiger partial charge in [0.2, 0.25) is 0 Å². The van der Waals surface area contributed by atoms with Crippen LogP contribution in [0.15, 0.2) is 64.6 Å². The number of ether oxygens (including phenoxy) is 3. The van der Waals surface area contributed by atoms with Crippen molar-refractivity contribution in [3.8, 4) is 17.2 Å². The molecule has 0 aromatic heterocycles. The Morgan fingerprint density at radius 3 is 2.48 bits per heavy atom. The van der Waals surface area contributed by atoms with E-state index in [9.17, 15) is 8.42 Å². The van der Waals surface area contributed by atoms with Gasteiger partial charge in [0.15, 0.2) is 0 Å². The van der Waals surface area contributed by atoms with Gasteiger partial charge in [-0.25, -0.2) is 0 Å². The average molecular weight is 414 g/mol. The number of nitrogens with one attached hydrogen (secondary N) is 1. The van der Waals surface area contributed by atoms with Crippen LogP contribution >= 0.6 is 0 Å². The number of rotatable bonds is 8. The van der Waals surface area contributed by atoms with Crippen LogP contribution in [-0.4, -0.2) is 35.5 Å². The number of sulfonamides is 1. The van der Waals surface area contributed by atoms with E-state index in [-0.39, 0.29) is 10.6 Å². The predicted molar refractivity (Wildman–Crippen MR) is 113 cm³/mol. The number of fused-ring (bicyclic) bond motifs is 1. The lowest BCUT2D eigenvalue weighted by atomic mass is 10.0. The minimum absolute atomic E-state index is 0.0700. The lowest BCUT2D eigenvalue weighted by Crippen LogP contribution is -2.19. The van der Waals surface area contributed by atoms with Crippen molar-refractivity contribution < 1.29 is 22.6 Å². The average Bonchev–Trinajstić information content (AvgIpc) is 2.74. The zero-order valence-corrected chi connectivity index (χ0v) is 17.2. The molecule has 0 saturated heterocycles. The van der Waals surface area contributed by atoms with Crippen LogP contribution in [-0.2, 0) is 10.0 Å². The van der Waals surface area contributed by atoms with Crippen LogP contribution in [0.2, 0.25) is 0 Å². The van der Waals surface area contributed by atoms with Gasteiger partial charge in [-0.2, -0.15) is 18.4 Å². The Morgan fingerprint density at radius 1 is 1.00 bits per heavy atom. The van der Waals surface area contributed by atoms with Crippen molar-refractivity contribution in [1.29, 1.82) is 0 Å². The maximum atomic E-state index is 12.8. The lowest BCUT2D eigenvalue weighted by molar-refractivity contribution is 0.340. The first-order valence-corrected chi connectivity index (χ1v) is 10.4. The Balaban J connectivity index is 1.96. The molecule has 0 aliphatic heterocycles. The minimum Gasteiger partial charge on any atom is -0.497 e. The summed E-state index contributed by atoms with van der Waals surface area (Å²) < 4.78 is 41.4. The number of nitrogens with zero attached hydrogens (tertiary/aromatic N) is 1. The number of methoxy groups -OCH3 is 2. The highest BCUT2D eigenvalue weighted by Crippen LogP contribution is 2.29. The van der Waals surface area contributed by atoms with Crippen molar-refractivity contribution in [1.82, 2.24) is 4.83 Å². The van der Waals surface area contributed by atoms with Gasteiger partial charge in [0.05, 0.1) is 27.0 Å². The van der Waals surface area contributed by atoms with Crippen LogP contribution < -0.4 is 19.0 Å². The maximum Gasteiger partial charge on any atom is 0.280 e. The highest BCUT2D eigenvalue weighted by Gasteiger charge is 2.20. The first kappa shape index (κ1) is 20.5. The number of hydrogen-bond acceptors (Lipinski definition) is 6. The Labute approximate surface area is 170 Å². The molecular weight excluding hydrogens is 392 g/mol. The van der Waals surface area contributed by atoms with E-state index >= 15 is 0 Å². The SMILES string of the molecule is CCOc1ccc2ccccc2c1/C=N/NS(=O)(=O)c1cc(OC)ccc1OC. The molecule has 0 aliphatic carbocycles. The summed E-state index contributed by atoms with van der Waals surface area (Å²) in [5.74, 6) is 1.20. The normalized spacial score (nSPS) is 11.6. The Kier molecular flexibility index (Phi) is 6.23. The summed E-state index contributed by atoms with van der Waals surface area (Å²) >= 11 is 0. The largest absolute Gasteiger partial charge is 0.497 e. The zero-order chi connectivity index (χ0) is 20.9. The third-order valence-electron chi connectivity index (χ3n) is 4.26. The molecule has 0 aliphatic rings. The molecule has 8 heteroatoms. The first-order chi connectivity index (χ1) is 14.0. The van der Waals surface area contributed by atoms with E-state index in [1.54, 1.807) is 6.07 Å². The van der Waals surface area contributed by atoms with Crippen LogP contribution in [0.3, 0.4) is 0 Å². The van der Waals surface area contributed by atoms with Gasteiger partial charge in [0.25, 0.3) is 10.0 Å². The Hall–Kier alpha value is -3.26. The van der Waals surface area contributed by atoms with Crippen LogP contribution in [0.1, 0.15) is 12.5 Å². The summed E-state index contributed by atoms with van der Waals surface area (Å²) in [5, 5.41) is 5.87. The minimum atomic E-state index is -3.98. The third-order valence-corrected chi connectivity index (χ3v) is 5.50. The van der Waals surface area contributed by atoms with Crippen LogP contribution in [0.4, 0.5) is 0 Å². The summed E-state index contributed by atoms with van der Waals surface area (Å²) in [6, 6.07) is 16.0. The molecule has 0 saturated carbocycles. The van der Waals surface area contributed by atoms with Crippen molar-refractivity contribution >= 4 is 27.0 Å². The van der Waals surface area contributed by atoms with E-state index in [2.05, 4.69) is 9.93 Å². The molecule has 0 heterocycles. The molecule has 3 aromatic carbocycles. The van der Waals surface area contributed by atoms with E-state index in [0.29, 0.717) is 23.7 Å². The van der Waals surface area contributed by atoms with Gasteiger partial charge < -0.3 is 14.2 Å². The highest BCUT2D eigenvalue weighted by atomic mass is 32.2. The molecule has 0 spiro atoms. The van der Waals surface area contributed by atoms with E-state index in [4.69, 9.17) is 14.2 Å². The van der Waals surface area contributed by atoms with E-state index in [1.165, 1.54) is 32.6 Å². The van der Waals surface area contributed by atoms with Gasteiger partial charge in [-0.05, 0) is 35.9 Å². The third kappa shape index (κ3) is 4.43. The van der Waals surface area contributed by atoms with Crippen molar-refractivity contribution in [2.24, 2.45) is 5.10 Å². The summed E-state index contributed by atoms with van der Waals surface area (Å²) in [6.45, 7) is 2.36. The summed E-state index contributed by atoms with van der Waals surface area (Å²) in [7, 11) is -1.12. The highest BCUT2D eigenvalue weighted by molar-refractivity contribution is 7.89. The van der Waals surface area contributed by atoms with E-state index < -0.39 is 10.0 Å². The molecule has 152 valence electrons. The van der Waals surface area contributed by atoms with Crippen molar-refractivity contribution in [2.45, 2.75) is 11.8 Å². The summed E-state index contributed by atoms with van der Waals surface area (Å²) in [5.41, 5.74) is 0.685. The van der Waals surface area contributed by atoms with Gasteiger partial charge in [-0.15, -0.1) is 0 Å². The van der Waals surface area contributed by atoms with Crippen molar-refractivity contribution in [3.05, 3.63) is 60.2 Å². The second-order valence-electron chi connectivity index (χ2n) is 6.00. The predicted octanol–water partition coefficient (Wildman–Crippen LogP) is 3.57. The first-order valence-electron chi connectivity index (χ1n) is 8.91. The molecule has 0 unspecified atom stereocenters. The molecule has 3 aromatic rings. The van der Waals surface area contributed by atoms with Crippen molar-refractivity contribution in [2.75, 3.05) is 20.8 Å². The zero-order valence-electron chi connectivity index (χ0n) is 16.4. The molecule has 3 rings (SSSR count). The monoisotopic (exact) mass is 414 g/mol. The molecule has 0 radical (unpaired) electrons. The fourth-order valence-electron chi connectivity index (χ4n) is 2.89. The Morgan fingerprint density at radius 2 is 1.76 bits per heavy atom. The summed E-state index contributed by atoms with van der Waals surface area (Å²) in [6.07, 6.45) is 1.44. The number of hydrazone groups is 1. The fourth-order valence-corrected chi connectivity index (χ4v) is 3.87. The molecule has 1 N–H and O–H groups in total. The second-order valence-corrected chi connectivity index (χ2v) is 7.63. The smallest absolute Gasteiger partial charge is 0.280 e. The molecule has 0 fully saturated rings. The molecule has 0 atom stereocenters. The quantitative estimate of drug-likeness (QED) is 0.450. The van der Waals surface area contributed by atoms with Gasteiger partial charge in [0.1, 0.15) is 22.1 Å². The molecule has 7 nitrogen and oxygen atoms in total. The van der Waals surface area contributed by atoms with Gasteiger partial charge in [-0.1, -0.05) is 30.3 Å². The van der Waals surface area contributed by atoms with E-state index in [1.807, 2.05) is 43.3 Å². The van der Waals surface area contributed by atoms with Gasteiger partial charge in [0, 0.05) is 11.6 Å². The number of benzene rings is 3. The summed E-state index contributed by atoms with van der Waals surface area (Å²) in [4.78, 5) is 2.16. The van der Waals surface area contributed by atoms with Crippen LogP contribution in [0.5, 0.6) is 17.2 Å². The number of hydrogen-bond donors (Lipinski definition) is 1. The fraction of sp³-hybridized carbons (Fsp3) is 0.190. The Bertz CT molecular complexity index is 1140. The molecule has 29 heavy (non-hydrogen) atoms. The van der Waals surface area contributed by atoms with Gasteiger partial charge >= 0.3 is 0 Å². The topological polar surface area (TPSA) is 86.2 Å². The second kappa shape index (κ2) is 8.83. The standard InChI is InChI=1S/C21H22N2O5S/c1-4-28-19-11-9-15-7-5-6-8-17(15)18(19)14-22-23-29(24,25)21-13-16(26-2)10-12-20(21)27-3/h5-14,23H,4H2,1-3H3/b22-14+. The molecule has 0 bridgehead atoms. The maximum absolute atomic E-state index is 12.8. The van der Waals surface area contributed by atoms with Crippen LogP contribution in [0, 0.1) is 0 Å². The van der Waals surface area contributed by atoms with Crippen molar-refractivity contribution in [3.63, 3.8) is 0 Å². The lowest BCUT2D eigenvalue weighted by Gasteiger charge is -2.12. The van der Waals surface area contributed by atoms with Gasteiger partial charge in [-0.3, -0.25) is 0 Å². The molecule has 0 amide bonds. The molecular formula is C21H22N2O5S. The van der Waals surface area contributed by atoms with Crippen LogP contribution in [0.25, 0.3) is 10.8 Å². The van der Waals surface area contributed by atoms with E-state index in [0.717, 1.165) is 10.8 Å².